The van der Waals surface area contributed by atoms with Crippen LogP contribution < -0.4 is 5.32 Å². The van der Waals surface area contributed by atoms with Gasteiger partial charge in [-0.1, -0.05) is 29.0 Å². The summed E-state index contributed by atoms with van der Waals surface area (Å²) in [4.78, 5) is 12.3. The molecule has 1 atom stereocenters. The zero-order valence-electron chi connectivity index (χ0n) is 14.6. The van der Waals surface area contributed by atoms with Crippen LogP contribution in [0.2, 0.25) is 0 Å². The number of thioether (sulfide) groups is 1. The highest BCUT2D eigenvalue weighted by atomic mass is 32.2. The Labute approximate surface area is 155 Å². The lowest BCUT2D eigenvalue weighted by Crippen LogP contribution is -2.22. The Morgan fingerprint density at radius 1 is 1.12 bits per heavy atom. The van der Waals surface area contributed by atoms with E-state index in [4.69, 9.17) is 4.42 Å². The molecule has 1 amide bonds. The Balaban J connectivity index is 1.66. The molecule has 0 saturated heterocycles. The van der Waals surface area contributed by atoms with Gasteiger partial charge in [0, 0.05) is 11.3 Å². The van der Waals surface area contributed by atoms with Crippen LogP contribution in [0.1, 0.15) is 18.1 Å². The lowest BCUT2D eigenvalue weighted by atomic mass is 10.1. The predicted octanol–water partition coefficient (Wildman–Crippen LogP) is 4.61. The van der Waals surface area contributed by atoms with E-state index in [1.807, 2.05) is 26.0 Å². The zero-order chi connectivity index (χ0) is 18.7. The maximum Gasteiger partial charge on any atom is 0.277 e. The molecule has 0 bridgehead atoms. The molecular formula is C19H18FN3O2S. The van der Waals surface area contributed by atoms with E-state index < -0.39 is 5.25 Å². The van der Waals surface area contributed by atoms with E-state index in [1.165, 1.54) is 36.0 Å². The van der Waals surface area contributed by atoms with Gasteiger partial charge in [-0.2, -0.15) is 0 Å². The molecule has 0 aliphatic rings. The van der Waals surface area contributed by atoms with Crippen molar-refractivity contribution in [2.24, 2.45) is 0 Å². The molecule has 0 fully saturated rings. The number of rotatable bonds is 5. The van der Waals surface area contributed by atoms with E-state index >= 15 is 0 Å². The van der Waals surface area contributed by atoms with Crippen molar-refractivity contribution in [1.82, 2.24) is 10.2 Å². The van der Waals surface area contributed by atoms with Gasteiger partial charge in [-0.25, -0.2) is 4.39 Å². The first-order chi connectivity index (χ1) is 12.4. The number of benzene rings is 2. The normalized spacial score (nSPS) is 12.0. The second-order valence-electron chi connectivity index (χ2n) is 6.01. The first kappa shape index (κ1) is 18.1. The van der Waals surface area contributed by atoms with Crippen LogP contribution in [-0.2, 0) is 4.79 Å². The van der Waals surface area contributed by atoms with Gasteiger partial charge in [-0.15, -0.1) is 10.2 Å². The maximum absolute atomic E-state index is 12.9. The fourth-order valence-electron chi connectivity index (χ4n) is 2.45. The first-order valence-corrected chi connectivity index (χ1v) is 8.94. The van der Waals surface area contributed by atoms with Crippen molar-refractivity contribution in [3.05, 3.63) is 59.4 Å². The molecular weight excluding hydrogens is 353 g/mol. The summed E-state index contributed by atoms with van der Waals surface area (Å²) in [7, 11) is 0. The molecule has 26 heavy (non-hydrogen) atoms. The number of nitrogens with zero attached hydrogens (tertiary/aromatic N) is 2. The summed E-state index contributed by atoms with van der Waals surface area (Å²) in [6, 6.07) is 11.6. The fourth-order valence-corrected chi connectivity index (χ4v) is 3.14. The van der Waals surface area contributed by atoms with E-state index in [0.29, 0.717) is 16.8 Å². The quantitative estimate of drug-likeness (QED) is 0.663. The Morgan fingerprint density at radius 3 is 2.42 bits per heavy atom. The summed E-state index contributed by atoms with van der Waals surface area (Å²) in [6.07, 6.45) is 0. The van der Waals surface area contributed by atoms with Crippen molar-refractivity contribution < 1.29 is 13.6 Å². The number of nitrogens with one attached hydrogen (secondary N) is 1. The topological polar surface area (TPSA) is 68.0 Å². The van der Waals surface area contributed by atoms with Crippen molar-refractivity contribution in [2.75, 3.05) is 5.32 Å². The number of anilines is 1. The second kappa shape index (κ2) is 7.70. The number of aryl methyl sites for hydroxylation is 2. The number of hydrogen-bond acceptors (Lipinski definition) is 5. The van der Waals surface area contributed by atoms with Crippen LogP contribution in [0.25, 0.3) is 11.5 Å². The molecule has 0 saturated carbocycles. The predicted molar refractivity (Wildman–Crippen MR) is 99.6 cm³/mol. The van der Waals surface area contributed by atoms with Crippen molar-refractivity contribution in [2.45, 2.75) is 31.2 Å². The van der Waals surface area contributed by atoms with Crippen molar-refractivity contribution >= 4 is 23.4 Å². The lowest BCUT2D eigenvalue weighted by molar-refractivity contribution is -0.115. The largest absolute Gasteiger partial charge is 0.411 e. The Kier molecular flexibility index (Phi) is 5.37. The van der Waals surface area contributed by atoms with Crippen LogP contribution in [0, 0.1) is 19.7 Å². The molecule has 3 aromatic rings. The smallest absolute Gasteiger partial charge is 0.277 e. The summed E-state index contributed by atoms with van der Waals surface area (Å²) in [5.74, 6) is -0.159. The number of carbonyl (C=O) groups excluding carboxylic acids is 1. The average Bonchev–Trinajstić information content (AvgIpc) is 3.04. The minimum Gasteiger partial charge on any atom is -0.411 e. The molecule has 1 N–H and O–H groups in total. The third-order valence-corrected chi connectivity index (χ3v) is 4.57. The summed E-state index contributed by atoms with van der Waals surface area (Å²) in [5.41, 5.74) is 3.61. The van der Waals surface area contributed by atoms with Crippen LogP contribution in [0.4, 0.5) is 10.1 Å². The third-order valence-electron chi connectivity index (χ3n) is 3.63. The van der Waals surface area contributed by atoms with Crippen molar-refractivity contribution in [1.29, 1.82) is 0 Å². The Morgan fingerprint density at radius 2 is 1.77 bits per heavy atom. The molecule has 3 rings (SSSR count). The minimum atomic E-state index is -0.451. The van der Waals surface area contributed by atoms with Crippen LogP contribution in [0.15, 0.2) is 52.1 Å². The summed E-state index contributed by atoms with van der Waals surface area (Å²) in [6.45, 7) is 5.75. The van der Waals surface area contributed by atoms with Crippen LogP contribution in [0.3, 0.4) is 0 Å². The van der Waals surface area contributed by atoms with Gasteiger partial charge in [0.2, 0.25) is 11.8 Å². The number of aromatic nitrogens is 2. The third kappa shape index (κ3) is 4.49. The molecule has 0 radical (unpaired) electrons. The van der Waals surface area contributed by atoms with Gasteiger partial charge in [-0.3, -0.25) is 4.79 Å². The van der Waals surface area contributed by atoms with E-state index in [9.17, 15) is 9.18 Å². The highest BCUT2D eigenvalue weighted by Gasteiger charge is 2.19. The summed E-state index contributed by atoms with van der Waals surface area (Å²) < 4.78 is 18.6. The Hall–Kier alpha value is -2.67. The molecule has 0 unspecified atom stereocenters. The lowest BCUT2D eigenvalue weighted by Gasteiger charge is -2.09. The average molecular weight is 371 g/mol. The van der Waals surface area contributed by atoms with Crippen molar-refractivity contribution in [3.63, 3.8) is 0 Å². The summed E-state index contributed by atoms with van der Waals surface area (Å²) in [5, 5.41) is 10.7. The SMILES string of the molecule is Cc1cc(C)cc(-c2nnc(S[C@H](C)C(=O)Nc3ccc(F)cc3)o2)c1. The van der Waals surface area contributed by atoms with Crippen LogP contribution in [0.5, 0.6) is 0 Å². The highest BCUT2D eigenvalue weighted by Crippen LogP contribution is 2.27. The molecule has 7 heteroatoms. The van der Waals surface area contributed by atoms with E-state index in [2.05, 4.69) is 21.6 Å². The van der Waals surface area contributed by atoms with E-state index in [-0.39, 0.29) is 11.7 Å². The molecule has 1 aromatic heterocycles. The van der Waals surface area contributed by atoms with Gasteiger partial charge in [0.1, 0.15) is 5.82 Å². The molecule has 0 aliphatic heterocycles. The monoisotopic (exact) mass is 371 g/mol. The minimum absolute atomic E-state index is 0.229. The Bertz CT molecular complexity index is 905. The number of halogens is 1. The second-order valence-corrected chi connectivity index (χ2v) is 7.30. The molecule has 134 valence electrons. The number of carbonyl (C=O) groups is 1. The molecule has 1 heterocycles. The molecule has 2 aromatic carbocycles. The number of amides is 1. The fraction of sp³-hybridized carbons (Fsp3) is 0.211. The van der Waals surface area contributed by atoms with Gasteiger partial charge in [0.15, 0.2) is 0 Å². The molecule has 0 aliphatic carbocycles. The zero-order valence-corrected chi connectivity index (χ0v) is 15.4. The summed E-state index contributed by atoms with van der Waals surface area (Å²) >= 11 is 1.17. The van der Waals surface area contributed by atoms with E-state index in [0.717, 1.165) is 16.7 Å². The van der Waals surface area contributed by atoms with Crippen LogP contribution in [-0.4, -0.2) is 21.4 Å². The van der Waals surface area contributed by atoms with Gasteiger partial charge in [0.25, 0.3) is 5.22 Å². The van der Waals surface area contributed by atoms with Crippen LogP contribution >= 0.6 is 11.8 Å². The van der Waals surface area contributed by atoms with Crippen molar-refractivity contribution in [3.8, 4) is 11.5 Å². The molecule has 0 spiro atoms. The van der Waals surface area contributed by atoms with Gasteiger partial charge in [-0.05, 0) is 57.2 Å². The molecule has 5 nitrogen and oxygen atoms in total. The number of hydrogen-bond donors (Lipinski definition) is 1. The van der Waals surface area contributed by atoms with Gasteiger partial charge < -0.3 is 9.73 Å². The standard InChI is InChI=1S/C19H18FN3O2S/c1-11-8-12(2)10-14(9-11)18-22-23-19(25-18)26-13(3)17(24)21-16-6-4-15(20)5-7-16/h4-10,13H,1-3H3,(H,21,24)/t13-/m1/s1. The van der Waals surface area contributed by atoms with Gasteiger partial charge >= 0.3 is 0 Å². The van der Waals surface area contributed by atoms with Gasteiger partial charge in [0.05, 0.1) is 5.25 Å². The van der Waals surface area contributed by atoms with E-state index in [1.54, 1.807) is 6.92 Å². The maximum atomic E-state index is 12.9. The first-order valence-electron chi connectivity index (χ1n) is 8.06. The highest BCUT2D eigenvalue weighted by molar-refractivity contribution is 8.00.